The molecule has 1 aliphatic carbocycles. The van der Waals surface area contributed by atoms with Crippen LogP contribution < -0.4 is 10.6 Å². The molecule has 134 valence electrons. The number of piperidine rings is 1. The molecule has 0 atom stereocenters. The Kier molecular flexibility index (Phi) is 6.94. The summed E-state index contributed by atoms with van der Waals surface area (Å²) in [6.07, 6.45) is 6.20. The van der Waals surface area contributed by atoms with Crippen LogP contribution in [0.15, 0.2) is 23.3 Å². The largest absolute Gasteiger partial charge is 0.354 e. The standard InChI is InChI=1S/C17H27N5O.HI/c1-18-17(19-12-15-4-3-9-21(15)2)20-14-7-10-22(11-8-14)16(23)13-5-6-13;/h3-4,9,13-14H,5-8,10-12H2,1-2H3,(H2,18,19,20);1H. The minimum Gasteiger partial charge on any atom is -0.354 e. The molecule has 1 saturated carbocycles. The lowest BCUT2D eigenvalue weighted by atomic mass is 10.0. The first-order valence-electron chi connectivity index (χ1n) is 8.53. The van der Waals surface area contributed by atoms with Gasteiger partial charge in [0.2, 0.25) is 5.91 Å². The molecule has 0 radical (unpaired) electrons. The molecule has 1 aromatic heterocycles. The predicted molar refractivity (Wildman–Crippen MR) is 106 cm³/mol. The lowest BCUT2D eigenvalue weighted by molar-refractivity contribution is -0.133. The number of aliphatic imine (C=N–C) groups is 1. The maximum atomic E-state index is 12.1. The van der Waals surface area contributed by atoms with Crippen molar-refractivity contribution in [3.63, 3.8) is 0 Å². The number of halogens is 1. The molecule has 1 aromatic rings. The van der Waals surface area contributed by atoms with Gasteiger partial charge in [-0.1, -0.05) is 0 Å². The van der Waals surface area contributed by atoms with Gasteiger partial charge in [-0.25, -0.2) is 0 Å². The van der Waals surface area contributed by atoms with Gasteiger partial charge in [0.05, 0.1) is 6.54 Å². The average molecular weight is 445 g/mol. The Bertz CT molecular complexity index is 573. The number of aromatic nitrogens is 1. The van der Waals surface area contributed by atoms with Gasteiger partial charge in [0, 0.05) is 51.0 Å². The van der Waals surface area contributed by atoms with Crippen LogP contribution in [-0.4, -0.2) is 47.5 Å². The van der Waals surface area contributed by atoms with Crippen LogP contribution in [0.5, 0.6) is 0 Å². The van der Waals surface area contributed by atoms with Crippen molar-refractivity contribution in [3.05, 3.63) is 24.0 Å². The zero-order chi connectivity index (χ0) is 16.2. The number of hydrogen-bond donors (Lipinski definition) is 2. The SMILES string of the molecule is CN=C(NCc1cccn1C)NC1CCN(C(=O)C2CC2)CC1.I. The van der Waals surface area contributed by atoms with Crippen molar-refractivity contribution < 1.29 is 4.79 Å². The van der Waals surface area contributed by atoms with Crippen molar-refractivity contribution in [2.45, 2.75) is 38.3 Å². The van der Waals surface area contributed by atoms with Crippen molar-refractivity contribution in [1.29, 1.82) is 0 Å². The second-order valence-corrected chi connectivity index (χ2v) is 6.55. The summed E-state index contributed by atoms with van der Waals surface area (Å²) in [4.78, 5) is 18.4. The maximum Gasteiger partial charge on any atom is 0.225 e. The number of likely N-dealkylation sites (tertiary alicyclic amines) is 1. The Labute approximate surface area is 161 Å². The zero-order valence-corrected chi connectivity index (χ0v) is 16.8. The second-order valence-electron chi connectivity index (χ2n) is 6.55. The first-order valence-corrected chi connectivity index (χ1v) is 8.53. The summed E-state index contributed by atoms with van der Waals surface area (Å²) in [5, 5.41) is 6.84. The number of amides is 1. The van der Waals surface area contributed by atoms with Crippen LogP contribution in [-0.2, 0) is 18.4 Å². The Morgan fingerprint density at radius 2 is 2.00 bits per heavy atom. The van der Waals surface area contributed by atoms with Crippen molar-refractivity contribution in [2.24, 2.45) is 18.0 Å². The molecule has 2 heterocycles. The number of carbonyl (C=O) groups excluding carboxylic acids is 1. The van der Waals surface area contributed by atoms with E-state index in [2.05, 4.69) is 26.3 Å². The number of nitrogens with one attached hydrogen (secondary N) is 2. The van der Waals surface area contributed by atoms with Crippen LogP contribution in [0.4, 0.5) is 0 Å². The van der Waals surface area contributed by atoms with E-state index in [1.807, 2.05) is 24.2 Å². The number of nitrogens with zero attached hydrogens (tertiary/aromatic N) is 3. The minimum atomic E-state index is 0. The van der Waals surface area contributed by atoms with E-state index >= 15 is 0 Å². The lowest BCUT2D eigenvalue weighted by Crippen LogP contribution is -2.49. The van der Waals surface area contributed by atoms with E-state index in [1.54, 1.807) is 7.05 Å². The van der Waals surface area contributed by atoms with Gasteiger partial charge >= 0.3 is 0 Å². The van der Waals surface area contributed by atoms with Gasteiger partial charge in [-0.05, 0) is 37.8 Å². The molecule has 24 heavy (non-hydrogen) atoms. The summed E-state index contributed by atoms with van der Waals surface area (Å²) in [6, 6.07) is 4.53. The highest BCUT2D eigenvalue weighted by Gasteiger charge is 2.34. The van der Waals surface area contributed by atoms with E-state index < -0.39 is 0 Å². The van der Waals surface area contributed by atoms with E-state index in [0.29, 0.717) is 17.9 Å². The van der Waals surface area contributed by atoms with Crippen LogP contribution in [0, 0.1) is 5.92 Å². The van der Waals surface area contributed by atoms with Crippen molar-refractivity contribution >= 4 is 35.8 Å². The van der Waals surface area contributed by atoms with Gasteiger partial charge in [0.25, 0.3) is 0 Å². The Morgan fingerprint density at radius 3 is 2.54 bits per heavy atom. The minimum absolute atomic E-state index is 0. The number of aryl methyl sites for hydroxylation is 1. The Balaban J connectivity index is 0.00000208. The second kappa shape index (κ2) is 8.73. The molecule has 2 N–H and O–H groups in total. The third kappa shape index (κ3) is 4.87. The fraction of sp³-hybridized carbons (Fsp3) is 0.647. The summed E-state index contributed by atoms with van der Waals surface area (Å²) in [6.45, 7) is 2.48. The van der Waals surface area contributed by atoms with Gasteiger partial charge in [-0.2, -0.15) is 0 Å². The first kappa shape index (κ1) is 19.1. The molecule has 7 heteroatoms. The molecule has 0 aromatic carbocycles. The average Bonchev–Trinajstić information content (AvgIpc) is 3.34. The summed E-state index contributed by atoms with van der Waals surface area (Å²) in [5.74, 6) is 1.53. The molecule has 1 amide bonds. The van der Waals surface area contributed by atoms with Gasteiger partial charge in [-0.3, -0.25) is 9.79 Å². The van der Waals surface area contributed by atoms with E-state index in [1.165, 1.54) is 5.69 Å². The smallest absolute Gasteiger partial charge is 0.225 e. The highest BCUT2D eigenvalue weighted by atomic mass is 127. The summed E-state index contributed by atoms with van der Waals surface area (Å²) in [7, 11) is 3.84. The highest BCUT2D eigenvalue weighted by Crippen LogP contribution is 2.31. The molecule has 0 bridgehead atoms. The topological polar surface area (TPSA) is 61.7 Å². The lowest BCUT2D eigenvalue weighted by Gasteiger charge is -2.33. The maximum absolute atomic E-state index is 12.1. The third-order valence-corrected chi connectivity index (χ3v) is 4.79. The zero-order valence-electron chi connectivity index (χ0n) is 14.5. The monoisotopic (exact) mass is 445 g/mol. The molecule has 0 spiro atoms. The fourth-order valence-corrected chi connectivity index (χ4v) is 3.08. The first-order chi connectivity index (χ1) is 11.2. The van der Waals surface area contributed by atoms with Gasteiger partial charge in [-0.15, -0.1) is 24.0 Å². The molecule has 2 fully saturated rings. The number of rotatable bonds is 4. The number of carbonyl (C=O) groups is 1. The van der Waals surface area contributed by atoms with E-state index in [4.69, 9.17) is 0 Å². The van der Waals surface area contributed by atoms with Crippen molar-refractivity contribution in [1.82, 2.24) is 20.1 Å². The number of hydrogen-bond acceptors (Lipinski definition) is 2. The van der Waals surface area contributed by atoms with Gasteiger partial charge in [0.1, 0.15) is 0 Å². The fourth-order valence-electron chi connectivity index (χ4n) is 3.08. The van der Waals surface area contributed by atoms with Gasteiger partial charge in [0.15, 0.2) is 5.96 Å². The van der Waals surface area contributed by atoms with Gasteiger partial charge < -0.3 is 20.1 Å². The van der Waals surface area contributed by atoms with Crippen LogP contribution in [0.1, 0.15) is 31.4 Å². The van der Waals surface area contributed by atoms with Crippen molar-refractivity contribution in [3.8, 4) is 0 Å². The molecular formula is C17H28IN5O. The quantitative estimate of drug-likeness (QED) is 0.422. The van der Waals surface area contributed by atoms with Crippen LogP contribution in [0.3, 0.4) is 0 Å². The van der Waals surface area contributed by atoms with E-state index in [9.17, 15) is 4.79 Å². The highest BCUT2D eigenvalue weighted by molar-refractivity contribution is 14.0. The Morgan fingerprint density at radius 1 is 1.29 bits per heavy atom. The number of guanidine groups is 1. The summed E-state index contributed by atoms with van der Waals surface area (Å²) in [5.41, 5.74) is 1.22. The molecule has 6 nitrogen and oxygen atoms in total. The van der Waals surface area contributed by atoms with Crippen molar-refractivity contribution in [2.75, 3.05) is 20.1 Å². The van der Waals surface area contributed by atoms with Crippen LogP contribution in [0.2, 0.25) is 0 Å². The van der Waals surface area contributed by atoms with Crippen LogP contribution in [0.25, 0.3) is 0 Å². The predicted octanol–water partition coefficient (Wildman–Crippen LogP) is 1.71. The third-order valence-electron chi connectivity index (χ3n) is 4.79. The van der Waals surface area contributed by atoms with E-state index in [-0.39, 0.29) is 24.0 Å². The molecular weight excluding hydrogens is 417 g/mol. The van der Waals surface area contributed by atoms with Crippen LogP contribution >= 0.6 is 24.0 Å². The molecule has 1 saturated heterocycles. The van der Waals surface area contributed by atoms with E-state index in [0.717, 1.165) is 51.3 Å². The Hall–Kier alpha value is -1.25. The molecule has 3 rings (SSSR count). The molecule has 1 aliphatic heterocycles. The molecule has 2 aliphatic rings. The normalized spacial score (nSPS) is 18.9. The molecule has 0 unspecified atom stereocenters. The summed E-state index contributed by atoms with van der Waals surface area (Å²) >= 11 is 0. The summed E-state index contributed by atoms with van der Waals surface area (Å²) < 4.78 is 2.10.